The maximum atomic E-state index is 5.22. The summed E-state index contributed by atoms with van der Waals surface area (Å²) >= 11 is 0. The molecule has 74 valence electrons. The van der Waals surface area contributed by atoms with Gasteiger partial charge in [0.1, 0.15) is 0 Å². The molecule has 1 aromatic rings. The molecule has 0 aromatic carbocycles. The monoisotopic (exact) mass is 183 g/mol. The van der Waals surface area contributed by atoms with Gasteiger partial charge in [0.05, 0.1) is 0 Å². The molecule has 0 spiro atoms. The van der Waals surface area contributed by atoms with Crippen molar-refractivity contribution in [1.82, 2.24) is 9.55 Å². The van der Waals surface area contributed by atoms with Crippen molar-refractivity contribution in [3.8, 4) is 0 Å². The van der Waals surface area contributed by atoms with E-state index >= 15 is 0 Å². The molecule has 1 aromatic heterocycles. The predicted octanol–water partition coefficient (Wildman–Crippen LogP) is 1.26. The number of aryl methyl sites for hydroxylation is 1. The Kier molecular flexibility index (Phi) is 4.32. The highest BCUT2D eigenvalue weighted by molar-refractivity contribution is 5.24. The van der Waals surface area contributed by atoms with Crippen LogP contribution in [0.1, 0.15) is 13.3 Å². The molecule has 13 heavy (non-hydrogen) atoms. The van der Waals surface area contributed by atoms with Gasteiger partial charge in [0.15, 0.2) is 0 Å². The first-order valence-electron chi connectivity index (χ1n) is 4.63. The summed E-state index contributed by atoms with van der Waals surface area (Å²) in [5.41, 5.74) is 0. The second-order valence-corrected chi connectivity index (χ2v) is 2.84. The molecule has 0 bridgehead atoms. The SMILES string of the molecule is CCOCCCNc1nccn1C. The minimum Gasteiger partial charge on any atom is -0.382 e. The molecule has 0 aliphatic carbocycles. The Morgan fingerprint density at radius 1 is 1.62 bits per heavy atom. The van der Waals surface area contributed by atoms with Crippen molar-refractivity contribution in [1.29, 1.82) is 0 Å². The van der Waals surface area contributed by atoms with Crippen molar-refractivity contribution >= 4 is 5.95 Å². The highest BCUT2D eigenvalue weighted by Gasteiger charge is 1.95. The normalized spacial score (nSPS) is 10.3. The van der Waals surface area contributed by atoms with E-state index in [9.17, 15) is 0 Å². The lowest BCUT2D eigenvalue weighted by Crippen LogP contribution is -2.08. The molecular formula is C9H17N3O. The Labute approximate surface area is 78.9 Å². The molecule has 0 radical (unpaired) electrons. The van der Waals surface area contributed by atoms with Crippen molar-refractivity contribution in [2.24, 2.45) is 7.05 Å². The Morgan fingerprint density at radius 3 is 3.08 bits per heavy atom. The molecule has 0 unspecified atom stereocenters. The van der Waals surface area contributed by atoms with Crippen LogP contribution in [0.5, 0.6) is 0 Å². The summed E-state index contributed by atoms with van der Waals surface area (Å²) < 4.78 is 7.17. The lowest BCUT2D eigenvalue weighted by Gasteiger charge is -2.05. The zero-order valence-corrected chi connectivity index (χ0v) is 8.29. The molecule has 0 aliphatic heterocycles. The van der Waals surface area contributed by atoms with E-state index < -0.39 is 0 Å². The van der Waals surface area contributed by atoms with Crippen molar-refractivity contribution in [2.75, 3.05) is 25.1 Å². The first-order chi connectivity index (χ1) is 6.34. The summed E-state index contributed by atoms with van der Waals surface area (Å²) in [7, 11) is 1.97. The van der Waals surface area contributed by atoms with Gasteiger partial charge in [0.25, 0.3) is 0 Å². The van der Waals surface area contributed by atoms with Gasteiger partial charge in [-0.15, -0.1) is 0 Å². The van der Waals surface area contributed by atoms with Crippen molar-refractivity contribution < 1.29 is 4.74 Å². The van der Waals surface area contributed by atoms with Crippen LogP contribution in [0.4, 0.5) is 5.95 Å². The van der Waals surface area contributed by atoms with Gasteiger partial charge in [-0.1, -0.05) is 0 Å². The minimum absolute atomic E-state index is 0.794. The second kappa shape index (κ2) is 5.59. The van der Waals surface area contributed by atoms with E-state index in [2.05, 4.69) is 10.3 Å². The second-order valence-electron chi connectivity index (χ2n) is 2.84. The van der Waals surface area contributed by atoms with Crippen molar-refractivity contribution in [2.45, 2.75) is 13.3 Å². The summed E-state index contributed by atoms with van der Waals surface area (Å²) in [6, 6.07) is 0. The highest BCUT2D eigenvalue weighted by atomic mass is 16.5. The van der Waals surface area contributed by atoms with E-state index in [-0.39, 0.29) is 0 Å². The Bertz CT molecular complexity index is 235. The Balaban J connectivity index is 2.10. The molecule has 4 heteroatoms. The van der Waals surface area contributed by atoms with Crippen LogP contribution in [-0.4, -0.2) is 29.3 Å². The number of nitrogens with zero attached hydrogens (tertiary/aromatic N) is 2. The van der Waals surface area contributed by atoms with Crippen LogP contribution in [-0.2, 0) is 11.8 Å². The number of aromatic nitrogens is 2. The van der Waals surface area contributed by atoms with Crippen LogP contribution in [0.2, 0.25) is 0 Å². The predicted molar refractivity (Wildman–Crippen MR) is 52.8 cm³/mol. The summed E-state index contributed by atoms with van der Waals surface area (Å²) in [6.45, 7) is 4.52. The first kappa shape index (κ1) is 10.1. The Hall–Kier alpha value is -1.03. The van der Waals surface area contributed by atoms with Gasteiger partial charge in [-0.2, -0.15) is 0 Å². The standard InChI is InChI=1S/C9H17N3O/c1-3-13-8-4-5-10-9-11-6-7-12(9)2/h6-7H,3-5,8H2,1-2H3,(H,10,11). The molecule has 0 saturated heterocycles. The molecule has 0 saturated carbocycles. The fourth-order valence-corrected chi connectivity index (χ4v) is 1.05. The summed E-state index contributed by atoms with van der Waals surface area (Å²) in [5, 5.41) is 3.22. The van der Waals surface area contributed by atoms with Crippen LogP contribution < -0.4 is 5.32 Å². The van der Waals surface area contributed by atoms with Gasteiger partial charge in [-0.3, -0.25) is 0 Å². The number of nitrogens with one attached hydrogen (secondary N) is 1. The summed E-state index contributed by atoms with van der Waals surface area (Å²) in [6.07, 6.45) is 4.72. The average Bonchev–Trinajstić information content (AvgIpc) is 2.52. The topological polar surface area (TPSA) is 39.1 Å². The molecule has 4 nitrogen and oxygen atoms in total. The molecule has 0 atom stereocenters. The summed E-state index contributed by atoms with van der Waals surface area (Å²) in [4.78, 5) is 4.14. The maximum absolute atomic E-state index is 5.22. The molecule has 1 heterocycles. The smallest absolute Gasteiger partial charge is 0.202 e. The van der Waals surface area contributed by atoms with E-state index in [0.29, 0.717) is 0 Å². The number of imidazole rings is 1. The zero-order chi connectivity index (χ0) is 9.52. The van der Waals surface area contributed by atoms with Gasteiger partial charge < -0.3 is 14.6 Å². The number of hydrogen-bond acceptors (Lipinski definition) is 3. The average molecular weight is 183 g/mol. The molecule has 0 fully saturated rings. The van der Waals surface area contributed by atoms with Gasteiger partial charge in [0.2, 0.25) is 5.95 Å². The Morgan fingerprint density at radius 2 is 2.46 bits per heavy atom. The van der Waals surface area contributed by atoms with Crippen LogP contribution in [0.15, 0.2) is 12.4 Å². The van der Waals surface area contributed by atoms with Crippen LogP contribution in [0.3, 0.4) is 0 Å². The number of ether oxygens (including phenoxy) is 1. The first-order valence-corrected chi connectivity index (χ1v) is 4.63. The van der Waals surface area contributed by atoms with Gasteiger partial charge in [0, 0.05) is 39.2 Å². The minimum atomic E-state index is 0.794. The van der Waals surface area contributed by atoms with Crippen LogP contribution in [0.25, 0.3) is 0 Å². The third-order valence-electron chi connectivity index (χ3n) is 1.77. The number of rotatable bonds is 6. The van der Waals surface area contributed by atoms with Crippen molar-refractivity contribution in [3.05, 3.63) is 12.4 Å². The fourth-order valence-electron chi connectivity index (χ4n) is 1.05. The third-order valence-corrected chi connectivity index (χ3v) is 1.77. The number of anilines is 1. The molecular weight excluding hydrogens is 166 g/mol. The van der Waals surface area contributed by atoms with E-state index in [4.69, 9.17) is 4.74 Å². The molecule has 1 N–H and O–H groups in total. The third kappa shape index (κ3) is 3.46. The molecule has 1 rings (SSSR count). The number of hydrogen-bond donors (Lipinski definition) is 1. The van der Waals surface area contributed by atoms with E-state index in [0.717, 1.165) is 32.1 Å². The quantitative estimate of drug-likeness (QED) is 0.675. The van der Waals surface area contributed by atoms with Crippen molar-refractivity contribution in [3.63, 3.8) is 0 Å². The van der Waals surface area contributed by atoms with E-state index in [1.165, 1.54) is 0 Å². The van der Waals surface area contributed by atoms with Gasteiger partial charge in [-0.25, -0.2) is 4.98 Å². The molecule has 0 amide bonds. The van der Waals surface area contributed by atoms with Gasteiger partial charge in [-0.05, 0) is 13.3 Å². The highest BCUT2D eigenvalue weighted by Crippen LogP contribution is 1.99. The maximum Gasteiger partial charge on any atom is 0.202 e. The molecule has 0 aliphatic rings. The zero-order valence-electron chi connectivity index (χ0n) is 8.29. The lowest BCUT2D eigenvalue weighted by molar-refractivity contribution is 0.147. The van der Waals surface area contributed by atoms with Crippen LogP contribution in [0, 0.1) is 0 Å². The van der Waals surface area contributed by atoms with E-state index in [1.54, 1.807) is 6.20 Å². The summed E-state index contributed by atoms with van der Waals surface area (Å²) in [5.74, 6) is 0.913. The van der Waals surface area contributed by atoms with Crippen LogP contribution >= 0.6 is 0 Å². The largest absolute Gasteiger partial charge is 0.382 e. The lowest BCUT2D eigenvalue weighted by atomic mass is 10.4. The van der Waals surface area contributed by atoms with E-state index in [1.807, 2.05) is 24.7 Å². The fraction of sp³-hybridized carbons (Fsp3) is 0.667. The van der Waals surface area contributed by atoms with Gasteiger partial charge >= 0.3 is 0 Å².